The molecule has 1 saturated heterocycles. The molecule has 1 fully saturated rings. The van der Waals surface area contributed by atoms with E-state index in [0.29, 0.717) is 18.0 Å². The van der Waals surface area contributed by atoms with Gasteiger partial charge in [0.1, 0.15) is 5.76 Å². The van der Waals surface area contributed by atoms with E-state index in [1.54, 1.807) is 13.0 Å². The maximum absolute atomic E-state index is 12.4. The van der Waals surface area contributed by atoms with Crippen molar-refractivity contribution in [1.29, 1.82) is 0 Å². The number of amides is 1. The zero-order chi connectivity index (χ0) is 15.5. The standard InChI is InChI=1S/C15H21N5O2/c1-12-8-14(17-22-12)15(21)20-5-3-4-19(6-7-20)11-13-9-16-18(2)10-13/h8-10H,3-7,11H2,1-2H3. The highest BCUT2D eigenvalue weighted by Crippen LogP contribution is 2.12. The summed E-state index contributed by atoms with van der Waals surface area (Å²) < 4.78 is 6.81. The predicted molar refractivity (Wildman–Crippen MR) is 80.2 cm³/mol. The third-order valence-corrected chi connectivity index (χ3v) is 3.89. The maximum atomic E-state index is 12.4. The van der Waals surface area contributed by atoms with E-state index in [9.17, 15) is 4.79 Å². The van der Waals surface area contributed by atoms with E-state index in [1.165, 1.54) is 5.56 Å². The fourth-order valence-corrected chi connectivity index (χ4v) is 2.77. The highest BCUT2D eigenvalue weighted by atomic mass is 16.5. The quantitative estimate of drug-likeness (QED) is 0.848. The SMILES string of the molecule is Cc1cc(C(=O)N2CCCN(Cc3cnn(C)c3)CC2)no1. The van der Waals surface area contributed by atoms with Crippen molar-refractivity contribution in [1.82, 2.24) is 24.7 Å². The van der Waals surface area contributed by atoms with Gasteiger partial charge in [0.2, 0.25) is 0 Å². The highest BCUT2D eigenvalue weighted by molar-refractivity contribution is 5.92. The Balaban J connectivity index is 1.58. The molecule has 0 unspecified atom stereocenters. The average Bonchev–Trinajstić information content (AvgIpc) is 3.02. The summed E-state index contributed by atoms with van der Waals surface area (Å²) in [4.78, 5) is 16.6. The first-order chi connectivity index (χ1) is 10.6. The van der Waals surface area contributed by atoms with Crippen molar-refractivity contribution >= 4 is 5.91 Å². The van der Waals surface area contributed by atoms with Crippen LogP contribution in [0.1, 0.15) is 28.2 Å². The van der Waals surface area contributed by atoms with Gasteiger partial charge in [-0.15, -0.1) is 0 Å². The van der Waals surface area contributed by atoms with E-state index in [2.05, 4.69) is 15.2 Å². The summed E-state index contributed by atoms with van der Waals surface area (Å²) in [5.74, 6) is 0.622. The van der Waals surface area contributed by atoms with Crippen LogP contribution in [0.5, 0.6) is 0 Å². The number of aromatic nitrogens is 3. The second kappa shape index (κ2) is 6.31. The van der Waals surface area contributed by atoms with E-state index in [0.717, 1.165) is 32.6 Å². The smallest absolute Gasteiger partial charge is 0.276 e. The molecule has 22 heavy (non-hydrogen) atoms. The summed E-state index contributed by atoms with van der Waals surface area (Å²) in [6.07, 6.45) is 4.89. The van der Waals surface area contributed by atoms with Gasteiger partial charge in [-0.1, -0.05) is 5.16 Å². The fraction of sp³-hybridized carbons (Fsp3) is 0.533. The van der Waals surface area contributed by atoms with Crippen LogP contribution in [0.25, 0.3) is 0 Å². The van der Waals surface area contributed by atoms with Gasteiger partial charge in [0.05, 0.1) is 6.20 Å². The molecule has 2 aromatic rings. The monoisotopic (exact) mass is 303 g/mol. The number of rotatable bonds is 3. The van der Waals surface area contributed by atoms with Crippen LogP contribution in [0.2, 0.25) is 0 Å². The van der Waals surface area contributed by atoms with Crippen molar-refractivity contribution in [2.24, 2.45) is 7.05 Å². The molecule has 7 heteroatoms. The Morgan fingerprint density at radius 2 is 2.18 bits per heavy atom. The first-order valence-electron chi connectivity index (χ1n) is 7.54. The minimum Gasteiger partial charge on any atom is -0.361 e. The lowest BCUT2D eigenvalue weighted by Crippen LogP contribution is -2.35. The third kappa shape index (κ3) is 3.36. The van der Waals surface area contributed by atoms with Crippen molar-refractivity contribution in [3.63, 3.8) is 0 Å². The predicted octanol–water partition coefficient (Wildman–Crippen LogP) is 1.06. The molecule has 0 saturated carbocycles. The molecule has 0 bridgehead atoms. The van der Waals surface area contributed by atoms with E-state index in [1.807, 2.05) is 29.0 Å². The van der Waals surface area contributed by atoms with Crippen molar-refractivity contribution in [3.8, 4) is 0 Å². The Labute approximate surface area is 129 Å². The minimum atomic E-state index is -0.0416. The van der Waals surface area contributed by atoms with Crippen LogP contribution in [0.3, 0.4) is 0 Å². The van der Waals surface area contributed by atoms with Crippen LogP contribution in [-0.2, 0) is 13.6 Å². The first-order valence-corrected chi connectivity index (χ1v) is 7.54. The number of nitrogens with zero attached hydrogens (tertiary/aromatic N) is 5. The minimum absolute atomic E-state index is 0.0416. The van der Waals surface area contributed by atoms with Crippen LogP contribution in [-0.4, -0.2) is 56.8 Å². The zero-order valence-corrected chi connectivity index (χ0v) is 13.0. The Morgan fingerprint density at radius 3 is 2.86 bits per heavy atom. The molecular formula is C15H21N5O2. The lowest BCUT2D eigenvalue weighted by Gasteiger charge is -2.20. The molecule has 1 aliphatic rings. The van der Waals surface area contributed by atoms with Crippen molar-refractivity contribution < 1.29 is 9.32 Å². The summed E-state index contributed by atoms with van der Waals surface area (Å²) in [6.45, 7) is 5.98. The Kier molecular flexibility index (Phi) is 4.24. The molecule has 7 nitrogen and oxygen atoms in total. The number of carbonyl (C=O) groups excluding carboxylic acids is 1. The average molecular weight is 303 g/mol. The molecule has 3 heterocycles. The second-order valence-electron chi connectivity index (χ2n) is 5.77. The van der Waals surface area contributed by atoms with Gasteiger partial charge in [-0.2, -0.15) is 5.10 Å². The summed E-state index contributed by atoms with van der Waals surface area (Å²) >= 11 is 0. The molecule has 1 aliphatic heterocycles. The molecule has 0 spiro atoms. The molecule has 0 N–H and O–H groups in total. The van der Waals surface area contributed by atoms with Crippen LogP contribution < -0.4 is 0 Å². The number of aryl methyl sites for hydroxylation is 2. The Morgan fingerprint density at radius 1 is 1.32 bits per heavy atom. The molecule has 0 atom stereocenters. The van der Waals surface area contributed by atoms with E-state index < -0.39 is 0 Å². The Hall–Kier alpha value is -2.15. The topological polar surface area (TPSA) is 67.4 Å². The van der Waals surface area contributed by atoms with Gasteiger partial charge in [-0.25, -0.2) is 0 Å². The van der Waals surface area contributed by atoms with Crippen LogP contribution in [0.15, 0.2) is 23.0 Å². The molecule has 3 rings (SSSR count). The molecule has 0 aromatic carbocycles. The van der Waals surface area contributed by atoms with Crippen molar-refractivity contribution in [2.45, 2.75) is 19.9 Å². The van der Waals surface area contributed by atoms with E-state index in [4.69, 9.17) is 4.52 Å². The summed E-state index contributed by atoms with van der Waals surface area (Å²) in [5, 5.41) is 8.02. The van der Waals surface area contributed by atoms with Crippen molar-refractivity contribution in [3.05, 3.63) is 35.5 Å². The molecule has 2 aromatic heterocycles. The van der Waals surface area contributed by atoms with Crippen LogP contribution >= 0.6 is 0 Å². The van der Waals surface area contributed by atoms with Gasteiger partial charge in [0.15, 0.2) is 5.69 Å². The Bertz CT molecular complexity index is 648. The molecule has 0 aliphatic carbocycles. The molecule has 118 valence electrons. The van der Waals surface area contributed by atoms with Crippen molar-refractivity contribution in [2.75, 3.05) is 26.2 Å². The number of carbonyl (C=O) groups is 1. The van der Waals surface area contributed by atoms with Gasteiger partial charge in [-0.05, 0) is 13.3 Å². The largest absolute Gasteiger partial charge is 0.361 e. The highest BCUT2D eigenvalue weighted by Gasteiger charge is 2.22. The maximum Gasteiger partial charge on any atom is 0.276 e. The first kappa shape index (κ1) is 14.8. The van der Waals surface area contributed by atoms with E-state index >= 15 is 0 Å². The third-order valence-electron chi connectivity index (χ3n) is 3.89. The second-order valence-corrected chi connectivity index (χ2v) is 5.77. The van der Waals surface area contributed by atoms with Crippen LogP contribution in [0, 0.1) is 6.92 Å². The lowest BCUT2D eigenvalue weighted by molar-refractivity contribution is 0.0750. The normalized spacial score (nSPS) is 16.7. The number of hydrogen-bond acceptors (Lipinski definition) is 5. The zero-order valence-electron chi connectivity index (χ0n) is 13.0. The van der Waals surface area contributed by atoms with Gasteiger partial charge < -0.3 is 9.42 Å². The molecule has 0 radical (unpaired) electrons. The molecular weight excluding hydrogens is 282 g/mol. The van der Waals surface area contributed by atoms with E-state index in [-0.39, 0.29) is 5.91 Å². The summed E-state index contributed by atoms with van der Waals surface area (Å²) in [6, 6.07) is 1.70. The molecule has 1 amide bonds. The van der Waals surface area contributed by atoms with Crippen LogP contribution in [0.4, 0.5) is 0 Å². The summed E-state index contributed by atoms with van der Waals surface area (Å²) in [7, 11) is 1.92. The van der Waals surface area contributed by atoms with Gasteiger partial charge >= 0.3 is 0 Å². The lowest BCUT2D eigenvalue weighted by atomic mass is 10.3. The van der Waals surface area contributed by atoms with Gasteiger partial charge in [0.25, 0.3) is 5.91 Å². The number of hydrogen-bond donors (Lipinski definition) is 0. The fourth-order valence-electron chi connectivity index (χ4n) is 2.77. The van der Waals surface area contributed by atoms with Gasteiger partial charge in [0, 0.05) is 57.6 Å². The summed E-state index contributed by atoms with van der Waals surface area (Å²) in [5.41, 5.74) is 1.60. The van der Waals surface area contributed by atoms with Gasteiger partial charge in [-0.3, -0.25) is 14.4 Å².